The lowest BCUT2D eigenvalue weighted by molar-refractivity contribution is 0.0600. The van der Waals surface area contributed by atoms with Crippen molar-refractivity contribution in [2.75, 3.05) is 7.11 Å². The maximum Gasteiger partial charge on any atom is 0.341 e. The Kier molecular flexibility index (Phi) is 4.70. The van der Waals surface area contributed by atoms with Gasteiger partial charge in [0.2, 0.25) is 0 Å². The molecule has 3 heterocycles. The number of H-pyrrole nitrogens is 1. The smallest absolute Gasteiger partial charge is 0.341 e. The van der Waals surface area contributed by atoms with Crippen molar-refractivity contribution >= 4 is 17.0 Å². The van der Waals surface area contributed by atoms with Crippen LogP contribution >= 0.6 is 0 Å². The Labute approximate surface area is 167 Å². The molecule has 2 aromatic rings. The van der Waals surface area contributed by atoms with Crippen LogP contribution in [0.1, 0.15) is 42.5 Å². The first-order valence-corrected chi connectivity index (χ1v) is 9.50. The normalized spacial score (nSPS) is 12.7. The SMILES string of the molecule is COC(=O)c1cn(C(CC(C)C)c2nc3ccccc3n2C)cc2c(=O)[nH]nc1-2. The number of carbonyl (C=O) groups is 1. The van der Waals surface area contributed by atoms with Gasteiger partial charge in [-0.1, -0.05) is 26.0 Å². The quantitative estimate of drug-likeness (QED) is 0.526. The average molecular weight is 393 g/mol. The molecule has 0 saturated heterocycles. The molecule has 0 spiro atoms. The van der Waals surface area contributed by atoms with E-state index in [1.54, 1.807) is 12.4 Å². The fourth-order valence-corrected chi connectivity index (χ4v) is 3.76. The predicted octanol–water partition coefficient (Wildman–Crippen LogP) is 2.99. The largest absolute Gasteiger partial charge is 0.465 e. The molecular formula is C21H23N5O3. The van der Waals surface area contributed by atoms with Gasteiger partial charge in [0.15, 0.2) is 0 Å². The van der Waals surface area contributed by atoms with E-state index in [0.717, 1.165) is 23.3 Å². The van der Waals surface area contributed by atoms with Crippen molar-refractivity contribution < 1.29 is 9.53 Å². The Morgan fingerprint density at radius 2 is 2.00 bits per heavy atom. The predicted molar refractivity (Wildman–Crippen MR) is 109 cm³/mol. The number of aromatic amines is 1. The number of aryl methyl sites for hydroxylation is 1. The molecule has 1 aromatic carbocycles. The maximum atomic E-state index is 12.4. The van der Waals surface area contributed by atoms with Crippen LogP contribution in [-0.2, 0) is 11.8 Å². The Balaban J connectivity index is 1.96. The summed E-state index contributed by atoms with van der Waals surface area (Å²) in [7, 11) is 3.29. The zero-order valence-corrected chi connectivity index (χ0v) is 16.8. The molecule has 0 saturated carbocycles. The van der Waals surface area contributed by atoms with E-state index >= 15 is 0 Å². The van der Waals surface area contributed by atoms with Crippen molar-refractivity contribution in [1.82, 2.24) is 24.3 Å². The summed E-state index contributed by atoms with van der Waals surface area (Å²) in [6, 6.07) is 7.77. The van der Waals surface area contributed by atoms with Gasteiger partial charge in [-0.2, -0.15) is 5.10 Å². The fraction of sp³-hybridized carbons (Fsp3) is 0.333. The molecule has 0 bridgehead atoms. The second kappa shape index (κ2) is 7.20. The van der Waals surface area contributed by atoms with Crippen LogP contribution in [0.5, 0.6) is 0 Å². The minimum absolute atomic E-state index is 0.172. The molecule has 2 aliphatic heterocycles. The summed E-state index contributed by atoms with van der Waals surface area (Å²) in [5.74, 6) is 0.681. The Bertz CT molecular complexity index is 1220. The van der Waals surface area contributed by atoms with Crippen LogP contribution < -0.4 is 5.56 Å². The van der Waals surface area contributed by atoms with Crippen molar-refractivity contribution in [2.24, 2.45) is 13.0 Å². The molecule has 1 atom stereocenters. The second-order valence-corrected chi connectivity index (χ2v) is 7.59. The third-order valence-corrected chi connectivity index (χ3v) is 5.16. The van der Waals surface area contributed by atoms with Crippen molar-refractivity contribution in [3.63, 3.8) is 0 Å². The van der Waals surface area contributed by atoms with Crippen molar-refractivity contribution in [2.45, 2.75) is 26.3 Å². The van der Waals surface area contributed by atoms with Gasteiger partial charge in [0.25, 0.3) is 5.56 Å². The number of hydrogen-bond donors (Lipinski definition) is 1. The first kappa shape index (κ1) is 18.9. The number of fused-ring (bicyclic) bond motifs is 2. The second-order valence-electron chi connectivity index (χ2n) is 7.59. The fourth-order valence-electron chi connectivity index (χ4n) is 3.76. The van der Waals surface area contributed by atoms with E-state index in [0.29, 0.717) is 17.2 Å². The third kappa shape index (κ3) is 3.20. The van der Waals surface area contributed by atoms with Gasteiger partial charge in [-0.15, -0.1) is 0 Å². The van der Waals surface area contributed by atoms with Gasteiger partial charge in [-0.3, -0.25) is 4.79 Å². The van der Waals surface area contributed by atoms with E-state index in [-0.39, 0.29) is 17.2 Å². The number of para-hydroxylation sites is 2. The summed E-state index contributed by atoms with van der Waals surface area (Å²) in [6.07, 6.45) is 4.21. The summed E-state index contributed by atoms with van der Waals surface area (Å²) >= 11 is 0. The molecule has 4 rings (SSSR count). The Hall–Kier alpha value is -3.42. The molecule has 8 heteroatoms. The van der Waals surface area contributed by atoms with E-state index in [2.05, 4.69) is 28.6 Å². The van der Waals surface area contributed by atoms with Crippen LogP contribution in [0.3, 0.4) is 0 Å². The molecule has 1 N–H and O–H groups in total. The first-order chi connectivity index (χ1) is 13.9. The van der Waals surface area contributed by atoms with Gasteiger partial charge in [0, 0.05) is 19.4 Å². The topological polar surface area (TPSA) is 94.8 Å². The summed E-state index contributed by atoms with van der Waals surface area (Å²) in [6.45, 7) is 4.26. The highest BCUT2D eigenvalue weighted by molar-refractivity contribution is 5.96. The Morgan fingerprint density at radius 1 is 1.24 bits per heavy atom. The number of imidazole rings is 1. The van der Waals surface area contributed by atoms with E-state index in [9.17, 15) is 9.59 Å². The number of nitrogens with zero attached hydrogens (tertiary/aromatic N) is 4. The summed E-state index contributed by atoms with van der Waals surface area (Å²) in [5.41, 5.74) is 2.50. The molecule has 1 aromatic heterocycles. The van der Waals surface area contributed by atoms with Crippen LogP contribution in [-0.4, -0.2) is 37.4 Å². The zero-order valence-electron chi connectivity index (χ0n) is 16.8. The molecule has 8 nitrogen and oxygen atoms in total. The number of carbonyl (C=O) groups excluding carboxylic acids is 1. The van der Waals surface area contributed by atoms with E-state index in [4.69, 9.17) is 9.72 Å². The molecule has 2 aliphatic rings. The van der Waals surface area contributed by atoms with Crippen molar-refractivity contribution in [3.05, 3.63) is 58.4 Å². The number of pyridine rings is 1. The van der Waals surface area contributed by atoms with Gasteiger partial charge >= 0.3 is 5.97 Å². The average Bonchev–Trinajstić information content (AvgIpc) is 3.25. The highest BCUT2D eigenvalue weighted by Crippen LogP contribution is 2.31. The molecule has 0 aliphatic carbocycles. The molecule has 0 radical (unpaired) electrons. The summed E-state index contributed by atoms with van der Waals surface area (Å²) in [5, 5.41) is 6.43. The van der Waals surface area contributed by atoms with Crippen molar-refractivity contribution in [3.8, 4) is 11.3 Å². The highest BCUT2D eigenvalue weighted by atomic mass is 16.5. The van der Waals surface area contributed by atoms with Crippen LogP contribution in [0.4, 0.5) is 0 Å². The minimum Gasteiger partial charge on any atom is -0.465 e. The van der Waals surface area contributed by atoms with Gasteiger partial charge < -0.3 is 13.9 Å². The molecule has 0 amide bonds. The number of nitrogens with one attached hydrogen (secondary N) is 1. The van der Waals surface area contributed by atoms with Crippen LogP contribution in [0.25, 0.3) is 22.3 Å². The maximum absolute atomic E-state index is 12.4. The van der Waals surface area contributed by atoms with E-state index < -0.39 is 5.97 Å². The standard InChI is InChI=1S/C21H23N5O3/c1-12(2)9-17(19-22-15-7-5-6-8-16(15)25(19)3)26-10-13-18(23-24-20(13)27)14(11-26)21(28)29-4/h5-8,10-12,17H,9H2,1-4H3,(H,24,27). The van der Waals surface area contributed by atoms with E-state index in [1.807, 2.05) is 35.9 Å². The number of hydrogen-bond acceptors (Lipinski definition) is 5. The van der Waals surface area contributed by atoms with Gasteiger partial charge in [-0.25, -0.2) is 14.9 Å². The van der Waals surface area contributed by atoms with E-state index in [1.165, 1.54) is 7.11 Å². The van der Waals surface area contributed by atoms with Gasteiger partial charge in [-0.05, 0) is 24.5 Å². The number of methoxy groups -OCH3 is 1. The third-order valence-electron chi connectivity index (χ3n) is 5.16. The molecule has 150 valence electrons. The highest BCUT2D eigenvalue weighted by Gasteiger charge is 2.27. The van der Waals surface area contributed by atoms with Crippen LogP contribution in [0.15, 0.2) is 41.5 Å². The van der Waals surface area contributed by atoms with Crippen LogP contribution in [0.2, 0.25) is 0 Å². The number of benzene rings is 1. The Morgan fingerprint density at radius 3 is 2.69 bits per heavy atom. The first-order valence-electron chi connectivity index (χ1n) is 9.50. The monoisotopic (exact) mass is 393 g/mol. The lowest BCUT2D eigenvalue weighted by atomic mass is 10.0. The van der Waals surface area contributed by atoms with Crippen LogP contribution in [0, 0.1) is 5.92 Å². The molecule has 29 heavy (non-hydrogen) atoms. The van der Waals surface area contributed by atoms with Crippen molar-refractivity contribution in [1.29, 1.82) is 0 Å². The lowest BCUT2D eigenvalue weighted by Gasteiger charge is -2.24. The zero-order chi connectivity index (χ0) is 20.7. The summed E-state index contributed by atoms with van der Waals surface area (Å²) in [4.78, 5) is 29.5. The molecule has 1 unspecified atom stereocenters. The number of ether oxygens (including phenoxy) is 1. The van der Waals surface area contributed by atoms with Gasteiger partial charge in [0.1, 0.15) is 17.1 Å². The number of aromatic nitrogens is 5. The number of esters is 1. The minimum atomic E-state index is -0.538. The lowest BCUT2D eigenvalue weighted by Crippen LogP contribution is -2.20. The molecular weight excluding hydrogens is 370 g/mol. The molecule has 0 fully saturated rings. The van der Waals surface area contributed by atoms with Gasteiger partial charge in [0.05, 0.1) is 29.7 Å². The number of rotatable bonds is 5. The summed E-state index contributed by atoms with van der Waals surface area (Å²) < 4.78 is 8.86.